The first kappa shape index (κ1) is 21.6. The molecule has 0 bridgehead atoms. The van der Waals surface area contributed by atoms with Crippen LogP contribution in [0.15, 0.2) is 48.5 Å². The predicted molar refractivity (Wildman–Crippen MR) is 121 cm³/mol. The van der Waals surface area contributed by atoms with Gasteiger partial charge in [0.2, 0.25) is 0 Å². The number of nitrogens with one attached hydrogen (secondary N) is 1. The molecular weight excluding hydrogens is 356 g/mol. The van der Waals surface area contributed by atoms with Crippen molar-refractivity contribution in [3.05, 3.63) is 70.8 Å². The number of likely N-dealkylation sites (tertiary alicyclic amines) is 1. The van der Waals surface area contributed by atoms with Gasteiger partial charge in [-0.25, -0.2) is 0 Å². The summed E-state index contributed by atoms with van der Waals surface area (Å²) >= 11 is 0. The van der Waals surface area contributed by atoms with Crippen molar-refractivity contribution in [1.29, 1.82) is 0 Å². The molecule has 0 spiro atoms. The Kier molecular flexibility index (Phi) is 6.79. The minimum absolute atomic E-state index is 0.0180. The van der Waals surface area contributed by atoms with Crippen molar-refractivity contribution in [3.8, 4) is 0 Å². The summed E-state index contributed by atoms with van der Waals surface area (Å²) in [5.41, 5.74) is 4.57. The Labute approximate surface area is 176 Å². The minimum atomic E-state index is -0.0222. The van der Waals surface area contributed by atoms with Crippen LogP contribution in [0.5, 0.6) is 0 Å². The Morgan fingerprint density at radius 2 is 1.76 bits per heavy atom. The second kappa shape index (κ2) is 9.13. The molecule has 29 heavy (non-hydrogen) atoms. The number of carbonyl (C=O) groups is 1. The van der Waals surface area contributed by atoms with Crippen LogP contribution in [0.3, 0.4) is 0 Å². The number of rotatable bonds is 5. The zero-order chi connectivity index (χ0) is 21.0. The summed E-state index contributed by atoms with van der Waals surface area (Å²) in [5.74, 6) is 0.767. The van der Waals surface area contributed by atoms with Gasteiger partial charge in [0.15, 0.2) is 0 Å². The summed E-state index contributed by atoms with van der Waals surface area (Å²) in [6, 6.07) is 16.6. The highest BCUT2D eigenvalue weighted by atomic mass is 16.1. The summed E-state index contributed by atoms with van der Waals surface area (Å²) in [6.45, 7) is 14.3. The van der Waals surface area contributed by atoms with Crippen LogP contribution in [-0.2, 0) is 12.0 Å². The third kappa shape index (κ3) is 5.93. The maximum absolute atomic E-state index is 12.7. The van der Waals surface area contributed by atoms with Crippen LogP contribution >= 0.6 is 0 Å². The van der Waals surface area contributed by atoms with Crippen molar-refractivity contribution < 1.29 is 4.79 Å². The molecule has 1 aliphatic heterocycles. The van der Waals surface area contributed by atoms with Crippen LogP contribution in [0.25, 0.3) is 0 Å². The summed E-state index contributed by atoms with van der Waals surface area (Å²) < 4.78 is 0. The lowest BCUT2D eigenvalue weighted by Crippen LogP contribution is -2.33. The molecule has 1 N–H and O–H groups in total. The fourth-order valence-corrected chi connectivity index (χ4v) is 4.09. The molecule has 156 valence electrons. The molecule has 2 aromatic carbocycles. The average molecular weight is 393 g/mol. The van der Waals surface area contributed by atoms with Crippen molar-refractivity contribution in [2.75, 3.05) is 13.1 Å². The summed E-state index contributed by atoms with van der Waals surface area (Å²) in [5, 5.41) is 3.13. The average Bonchev–Trinajstić information content (AvgIpc) is 2.68. The van der Waals surface area contributed by atoms with Crippen molar-refractivity contribution in [2.45, 2.75) is 65.5 Å². The number of hydrogen-bond acceptors (Lipinski definition) is 2. The van der Waals surface area contributed by atoms with E-state index < -0.39 is 0 Å². The van der Waals surface area contributed by atoms with Gasteiger partial charge >= 0.3 is 0 Å². The molecule has 0 saturated carbocycles. The summed E-state index contributed by atoms with van der Waals surface area (Å²) in [6.07, 6.45) is 2.63. The number of benzene rings is 2. The smallest absolute Gasteiger partial charge is 0.251 e. The number of hydrogen-bond donors (Lipinski definition) is 1. The molecule has 0 aliphatic carbocycles. The maximum atomic E-state index is 12.7. The molecule has 2 atom stereocenters. The molecule has 0 unspecified atom stereocenters. The Bertz CT molecular complexity index is 802. The van der Waals surface area contributed by atoms with E-state index in [9.17, 15) is 4.79 Å². The normalized spacial score (nSPS) is 19.0. The molecule has 1 fully saturated rings. The van der Waals surface area contributed by atoms with Crippen molar-refractivity contribution in [3.63, 3.8) is 0 Å². The molecule has 3 rings (SSSR count). The molecule has 2 aromatic rings. The molecule has 1 aliphatic rings. The monoisotopic (exact) mass is 392 g/mol. The number of piperidine rings is 1. The van der Waals surface area contributed by atoms with E-state index >= 15 is 0 Å². The molecule has 0 radical (unpaired) electrons. The number of carbonyl (C=O) groups excluding carboxylic acids is 1. The highest BCUT2D eigenvalue weighted by Crippen LogP contribution is 2.24. The van der Waals surface area contributed by atoms with Gasteiger partial charge in [0, 0.05) is 18.7 Å². The standard InChI is InChI=1S/C26H36N2O/c1-19-7-6-16-28(17-19)18-21-8-10-23(11-9-21)25(29)27-20(2)22-12-14-24(15-13-22)26(3,4)5/h8-15,19-20H,6-7,16-18H2,1-5H3,(H,27,29)/t19-,20+/m1/s1. The fourth-order valence-electron chi connectivity index (χ4n) is 4.09. The first-order valence-corrected chi connectivity index (χ1v) is 10.9. The SMILES string of the molecule is C[C@@H]1CCCN(Cc2ccc(C(=O)N[C@@H](C)c3ccc(C(C)(C)C)cc3)cc2)C1. The van der Waals surface area contributed by atoms with Gasteiger partial charge in [0.05, 0.1) is 6.04 Å². The van der Waals surface area contributed by atoms with E-state index in [-0.39, 0.29) is 17.4 Å². The van der Waals surface area contributed by atoms with E-state index in [1.807, 2.05) is 19.1 Å². The highest BCUT2D eigenvalue weighted by molar-refractivity contribution is 5.94. The Morgan fingerprint density at radius 3 is 2.34 bits per heavy atom. The van der Waals surface area contributed by atoms with E-state index in [1.165, 1.54) is 37.1 Å². The van der Waals surface area contributed by atoms with E-state index in [2.05, 4.69) is 74.3 Å². The molecule has 1 heterocycles. The van der Waals surface area contributed by atoms with Crippen molar-refractivity contribution in [1.82, 2.24) is 10.2 Å². The van der Waals surface area contributed by atoms with Crippen molar-refractivity contribution in [2.24, 2.45) is 5.92 Å². The Morgan fingerprint density at radius 1 is 1.10 bits per heavy atom. The van der Waals surface area contributed by atoms with Gasteiger partial charge in [0.25, 0.3) is 5.91 Å². The Balaban J connectivity index is 1.57. The van der Waals surface area contributed by atoms with Gasteiger partial charge in [-0.15, -0.1) is 0 Å². The molecule has 0 aromatic heterocycles. The summed E-state index contributed by atoms with van der Waals surface area (Å²) in [7, 11) is 0. The lowest BCUT2D eigenvalue weighted by atomic mass is 9.86. The number of nitrogens with zero attached hydrogens (tertiary/aromatic N) is 1. The summed E-state index contributed by atoms with van der Waals surface area (Å²) in [4.78, 5) is 15.2. The van der Waals surface area contributed by atoms with E-state index in [0.717, 1.165) is 23.6 Å². The zero-order valence-electron chi connectivity index (χ0n) is 18.7. The van der Waals surface area contributed by atoms with Crippen LogP contribution in [-0.4, -0.2) is 23.9 Å². The van der Waals surface area contributed by atoms with Gasteiger partial charge in [-0.05, 0) is 66.5 Å². The highest BCUT2D eigenvalue weighted by Gasteiger charge is 2.17. The van der Waals surface area contributed by atoms with E-state index in [1.54, 1.807) is 0 Å². The van der Waals surface area contributed by atoms with Gasteiger partial charge in [-0.2, -0.15) is 0 Å². The van der Waals surface area contributed by atoms with Crippen LogP contribution < -0.4 is 5.32 Å². The Hall–Kier alpha value is -2.13. The lowest BCUT2D eigenvalue weighted by molar-refractivity contribution is 0.0940. The quantitative estimate of drug-likeness (QED) is 0.707. The van der Waals surface area contributed by atoms with Crippen LogP contribution in [0.4, 0.5) is 0 Å². The lowest BCUT2D eigenvalue weighted by Gasteiger charge is -2.30. The fraction of sp³-hybridized carbons (Fsp3) is 0.500. The molecule has 3 heteroatoms. The van der Waals surface area contributed by atoms with Gasteiger partial charge in [0.1, 0.15) is 0 Å². The molecule has 1 amide bonds. The first-order valence-electron chi connectivity index (χ1n) is 10.9. The van der Waals surface area contributed by atoms with Gasteiger partial charge in [-0.1, -0.05) is 64.1 Å². The molecular formula is C26H36N2O. The van der Waals surface area contributed by atoms with E-state index in [4.69, 9.17) is 0 Å². The number of amides is 1. The predicted octanol–water partition coefficient (Wildman–Crippen LogP) is 5.71. The van der Waals surface area contributed by atoms with Crippen LogP contribution in [0, 0.1) is 5.92 Å². The molecule has 1 saturated heterocycles. The largest absolute Gasteiger partial charge is 0.346 e. The maximum Gasteiger partial charge on any atom is 0.251 e. The van der Waals surface area contributed by atoms with E-state index in [0.29, 0.717) is 0 Å². The second-order valence-corrected chi connectivity index (χ2v) is 9.75. The minimum Gasteiger partial charge on any atom is -0.346 e. The topological polar surface area (TPSA) is 32.3 Å². The third-order valence-electron chi connectivity index (χ3n) is 5.99. The molecule has 3 nitrogen and oxygen atoms in total. The first-order chi connectivity index (χ1) is 13.7. The van der Waals surface area contributed by atoms with Gasteiger partial charge in [-0.3, -0.25) is 9.69 Å². The second-order valence-electron chi connectivity index (χ2n) is 9.75. The van der Waals surface area contributed by atoms with Crippen LogP contribution in [0.2, 0.25) is 0 Å². The van der Waals surface area contributed by atoms with Crippen LogP contribution in [0.1, 0.15) is 80.6 Å². The third-order valence-corrected chi connectivity index (χ3v) is 5.99. The zero-order valence-corrected chi connectivity index (χ0v) is 18.7. The van der Waals surface area contributed by atoms with Crippen molar-refractivity contribution >= 4 is 5.91 Å². The van der Waals surface area contributed by atoms with Gasteiger partial charge < -0.3 is 5.32 Å².